The van der Waals surface area contributed by atoms with E-state index < -0.39 is 0 Å². The number of nitrogens with one attached hydrogen (secondary N) is 1. The van der Waals surface area contributed by atoms with Crippen LogP contribution in [-0.2, 0) is 4.79 Å². The standard InChI is InChI=1S/C11H24N2O.ClH/c1-8(2)6-11(4,5)10(14)13-9(3)7-12;/h8-9H,6-7,12H2,1-5H3,(H,13,14);1H/t9-;/m0./s1. The molecule has 0 saturated heterocycles. The number of hydrogen-bond donors (Lipinski definition) is 2. The maximum Gasteiger partial charge on any atom is 0.225 e. The van der Waals surface area contributed by atoms with Crippen LogP contribution in [0.3, 0.4) is 0 Å². The zero-order valence-electron chi connectivity index (χ0n) is 10.5. The lowest BCUT2D eigenvalue weighted by atomic mass is 9.83. The molecule has 0 fully saturated rings. The van der Waals surface area contributed by atoms with Gasteiger partial charge in [-0.1, -0.05) is 27.7 Å². The molecular formula is C11H25ClN2O. The summed E-state index contributed by atoms with van der Waals surface area (Å²) in [6.45, 7) is 10.6. The van der Waals surface area contributed by atoms with Gasteiger partial charge >= 0.3 is 0 Å². The monoisotopic (exact) mass is 236 g/mol. The van der Waals surface area contributed by atoms with Gasteiger partial charge in [0.25, 0.3) is 0 Å². The average Bonchev–Trinajstić information content (AvgIpc) is 2.01. The van der Waals surface area contributed by atoms with Crippen molar-refractivity contribution < 1.29 is 4.79 Å². The van der Waals surface area contributed by atoms with E-state index in [9.17, 15) is 4.79 Å². The number of carbonyl (C=O) groups excluding carboxylic acids is 1. The largest absolute Gasteiger partial charge is 0.352 e. The fraction of sp³-hybridized carbons (Fsp3) is 0.909. The van der Waals surface area contributed by atoms with Crippen molar-refractivity contribution >= 4 is 18.3 Å². The third kappa shape index (κ3) is 6.74. The van der Waals surface area contributed by atoms with Crippen LogP contribution < -0.4 is 11.1 Å². The summed E-state index contributed by atoms with van der Waals surface area (Å²) < 4.78 is 0. The average molecular weight is 237 g/mol. The van der Waals surface area contributed by atoms with Crippen LogP contribution in [0.5, 0.6) is 0 Å². The van der Waals surface area contributed by atoms with E-state index in [0.29, 0.717) is 12.5 Å². The predicted molar refractivity (Wildman–Crippen MR) is 67.1 cm³/mol. The van der Waals surface area contributed by atoms with Gasteiger partial charge < -0.3 is 11.1 Å². The van der Waals surface area contributed by atoms with Crippen LogP contribution in [0, 0.1) is 11.3 Å². The molecule has 15 heavy (non-hydrogen) atoms. The molecule has 3 N–H and O–H groups in total. The molecule has 0 aliphatic heterocycles. The Kier molecular flexibility index (Phi) is 8.07. The molecule has 0 spiro atoms. The topological polar surface area (TPSA) is 55.1 Å². The van der Waals surface area contributed by atoms with Crippen LogP contribution in [0.15, 0.2) is 0 Å². The Bertz CT molecular complexity index is 193. The molecule has 0 aliphatic carbocycles. The van der Waals surface area contributed by atoms with Gasteiger partial charge in [0, 0.05) is 18.0 Å². The summed E-state index contributed by atoms with van der Waals surface area (Å²) in [5, 5.41) is 2.91. The van der Waals surface area contributed by atoms with E-state index in [1.54, 1.807) is 0 Å². The van der Waals surface area contributed by atoms with Gasteiger partial charge in [0.15, 0.2) is 0 Å². The summed E-state index contributed by atoms with van der Waals surface area (Å²) in [5.41, 5.74) is 5.16. The quantitative estimate of drug-likeness (QED) is 0.767. The maximum absolute atomic E-state index is 11.8. The molecule has 0 unspecified atom stereocenters. The second-order valence-corrected chi connectivity index (χ2v) is 5.09. The predicted octanol–water partition coefficient (Wildman–Crippen LogP) is 1.94. The lowest BCUT2D eigenvalue weighted by Crippen LogP contribution is -2.45. The Labute approximate surface area is 99.6 Å². The second kappa shape index (κ2) is 7.07. The van der Waals surface area contributed by atoms with Crippen molar-refractivity contribution in [2.75, 3.05) is 6.54 Å². The molecule has 0 aromatic heterocycles. The first kappa shape index (κ1) is 17.1. The molecular weight excluding hydrogens is 212 g/mol. The zero-order chi connectivity index (χ0) is 11.4. The van der Waals surface area contributed by atoms with Crippen molar-refractivity contribution in [1.82, 2.24) is 5.32 Å². The maximum atomic E-state index is 11.8. The fourth-order valence-corrected chi connectivity index (χ4v) is 1.59. The third-order valence-corrected chi connectivity index (χ3v) is 2.26. The SMILES string of the molecule is CC(C)CC(C)(C)C(=O)N[C@@H](C)CN.Cl. The van der Waals surface area contributed by atoms with Crippen molar-refractivity contribution in [3.8, 4) is 0 Å². The Morgan fingerprint density at radius 3 is 2.13 bits per heavy atom. The number of hydrogen-bond acceptors (Lipinski definition) is 2. The highest BCUT2D eigenvalue weighted by molar-refractivity contribution is 5.85. The van der Waals surface area contributed by atoms with Crippen molar-refractivity contribution in [3.05, 3.63) is 0 Å². The highest BCUT2D eigenvalue weighted by Crippen LogP contribution is 2.25. The van der Waals surface area contributed by atoms with Crippen molar-refractivity contribution in [1.29, 1.82) is 0 Å². The smallest absolute Gasteiger partial charge is 0.225 e. The molecule has 0 aliphatic rings. The van der Waals surface area contributed by atoms with Crippen LogP contribution in [0.4, 0.5) is 0 Å². The minimum Gasteiger partial charge on any atom is -0.352 e. The van der Waals surface area contributed by atoms with Crippen LogP contribution >= 0.6 is 12.4 Å². The van der Waals surface area contributed by atoms with E-state index in [-0.39, 0.29) is 29.8 Å². The first-order valence-corrected chi connectivity index (χ1v) is 5.30. The second-order valence-electron chi connectivity index (χ2n) is 5.09. The molecule has 0 rings (SSSR count). The Morgan fingerprint density at radius 2 is 1.80 bits per heavy atom. The molecule has 0 saturated carbocycles. The molecule has 1 atom stereocenters. The zero-order valence-corrected chi connectivity index (χ0v) is 11.3. The highest BCUT2D eigenvalue weighted by atomic mass is 35.5. The van der Waals surface area contributed by atoms with Crippen LogP contribution in [0.1, 0.15) is 41.0 Å². The Hall–Kier alpha value is -0.280. The lowest BCUT2D eigenvalue weighted by Gasteiger charge is -2.27. The third-order valence-electron chi connectivity index (χ3n) is 2.26. The van der Waals surface area contributed by atoms with E-state index in [0.717, 1.165) is 6.42 Å². The summed E-state index contributed by atoms with van der Waals surface area (Å²) in [5.74, 6) is 0.632. The molecule has 92 valence electrons. The molecule has 3 nitrogen and oxygen atoms in total. The van der Waals surface area contributed by atoms with Crippen molar-refractivity contribution in [2.45, 2.75) is 47.1 Å². The van der Waals surface area contributed by atoms with E-state index in [4.69, 9.17) is 5.73 Å². The summed E-state index contributed by atoms with van der Waals surface area (Å²) in [6, 6.07) is 0.0638. The summed E-state index contributed by atoms with van der Waals surface area (Å²) in [7, 11) is 0. The van der Waals surface area contributed by atoms with Gasteiger partial charge in [0.05, 0.1) is 0 Å². The Morgan fingerprint density at radius 1 is 1.33 bits per heavy atom. The minimum atomic E-state index is -0.294. The number of nitrogens with two attached hydrogens (primary N) is 1. The molecule has 4 heteroatoms. The fourth-order valence-electron chi connectivity index (χ4n) is 1.59. The first-order valence-electron chi connectivity index (χ1n) is 5.30. The normalized spacial score (nSPS) is 13.3. The van der Waals surface area contributed by atoms with Crippen molar-refractivity contribution in [2.24, 2.45) is 17.1 Å². The molecule has 0 radical (unpaired) electrons. The van der Waals surface area contributed by atoms with Gasteiger partial charge in [0.2, 0.25) is 5.91 Å². The van der Waals surface area contributed by atoms with E-state index in [2.05, 4.69) is 19.2 Å². The molecule has 0 aromatic rings. The van der Waals surface area contributed by atoms with Gasteiger partial charge in [-0.3, -0.25) is 4.79 Å². The molecule has 0 heterocycles. The number of carbonyl (C=O) groups is 1. The van der Waals surface area contributed by atoms with Gasteiger partial charge in [-0.15, -0.1) is 12.4 Å². The summed E-state index contributed by atoms with van der Waals surface area (Å²) in [6.07, 6.45) is 0.899. The van der Waals surface area contributed by atoms with Crippen LogP contribution in [-0.4, -0.2) is 18.5 Å². The Balaban J connectivity index is 0. The highest BCUT2D eigenvalue weighted by Gasteiger charge is 2.28. The molecule has 1 amide bonds. The van der Waals surface area contributed by atoms with Gasteiger partial charge in [-0.05, 0) is 19.3 Å². The summed E-state index contributed by atoms with van der Waals surface area (Å²) in [4.78, 5) is 11.8. The first-order chi connectivity index (χ1) is 6.29. The van der Waals surface area contributed by atoms with Gasteiger partial charge in [-0.2, -0.15) is 0 Å². The number of rotatable bonds is 5. The number of halogens is 1. The summed E-state index contributed by atoms with van der Waals surface area (Å²) >= 11 is 0. The van der Waals surface area contributed by atoms with E-state index in [1.807, 2.05) is 20.8 Å². The van der Waals surface area contributed by atoms with E-state index >= 15 is 0 Å². The number of amides is 1. The van der Waals surface area contributed by atoms with Crippen LogP contribution in [0.25, 0.3) is 0 Å². The molecule has 0 bridgehead atoms. The van der Waals surface area contributed by atoms with Crippen molar-refractivity contribution in [3.63, 3.8) is 0 Å². The van der Waals surface area contributed by atoms with Gasteiger partial charge in [0.1, 0.15) is 0 Å². The lowest BCUT2D eigenvalue weighted by molar-refractivity contribution is -0.130. The van der Waals surface area contributed by atoms with E-state index in [1.165, 1.54) is 0 Å². The van der Waals surface area contributed by atoms with Gasteiger partial charge in [-0.25, -0.2) is 0 Å². The molecule has 0 aromatic carbocycles. The van der Waals surface area contributed by atoms with Crippen LogP contribution in [0.2, 0.25) is 0 Å². The minimum absolute atomic E-state index is 0.